The zero-order valence-electron chi connectivity index (χ0n) is 18.4. The van der Waals surface area contributed by atoms with Crippen molar-refractivity contribution in [2.24, 2.45) is 10.1 Å². The van der Waals surface area contributed by atoms with Crippen molar-refractivity contribution in [2.75, 3.05) is 20.3 Å². The first-order chi connectivity index (χ1) is 16.1. The van der Waals surface area contributed by atoms with Crippen LogP contribution in [0.1, 0.15) is 25.3 Å². The molecule has 1 N–H and O–H groups in total. The van der Waals surface area contributed by atoms with Gasteiger partial charge >= 0.3 is 0 Å². The van der Waals surface area contributed by atoms with Gasteiger partial charge < -0.3 is 14.2 Å². The minimum absolute atomic E-state index is 0.0148. The number of amidine groups is 2. The van der Waals surface area contributed by atoms with E-state index >= 15 is 0 Å². The van der Waals surface area contributed by atoms with E-state index in [2.05, 4.69) is 17.0 Å². The van der Waals surface area contributed by atoms with Gasteiger partial charge in [0.1, 0.15) is 24.0 Å². The average molecular weight is 465 g/mol. The van der Waals surface area contributed by atoms with Crippen molar-refractivity contribution in [1.29, 1.82) is 5.41 Å². The highest BCUT2D eigenvalue weighted by Gasteiger charge is 2.35. The zero-order chi connectivity index (χ0) is 23.2. The van der Waals surface area contributed by atoms with Gasteiger partial charge in [-0.25, -0.2) is 0 Å². The number of hydrazone groups is 1. The number of hydrogen-bond acceptors (Lipinski definition) is 7. The van der Waals surface area contributed by atoms with Gasteiger partial charge in [0.2, 0.25) is 5.17 Å². The van der Waals surface area contributed by atoms with Crippen molar-refractivity contribution in [3.8, 4) is 17.2 Å². The lowest BCUT2D eigenvalue weighted by Gasteiger charge is -2.20. The van der Waals surface area contributed by atoms with Crippen LogP contribution in [0, 0.1) is 5.41 Å². The normalized spacial score (nSPS) is 16.4. The van der Waals surface area contributed by atoms with Crippen LogP contribution in [0.4, 0.5) is 0 Å². The molecule has 0 aromatic heterocycles. The van der Waals surface area contributed by atoms with Crippen LogP contribution in [-0.4, -0.2) is 47.3 Å². The molecule has 2 aromatic rings. The van der Waals surface area contributed by atoms with Crippen LogP contribution in [0.15, 0.2) is 64.2 Å². The van der Waals surface area contributed by atoms with Crippen molar-refractivity contribution in [2.45, 2.75) is 19.8 Å². The molecule has 2 aliphatic rings. The van der Waals surface area contributed by atoms with Gasteiger partial charge in [0.15, 0.2) is 17.3 Å². The van der Waals surface area contributed by atoms with E-state index in [9.17, 15) is 4.79 Å². The molecule has 0 atom stereocenters. The summed E-state index contributed by atoms with van der Waals surface area (Å²) in [6.07, 6.45) is 3.34. The fourth-order valence-electron chi connectivity index (χ4n) is 3.23. The van der Waals surface area contributed by atoms with Gasteiger partial charge in [0.25, 0.3) is 5.91 Å². The maximum atomic E-state index is 12.6. The van der Waals surface area contributed by atoms with E-state index in [1.54, 1.807) is 31.4 Å². The Bertz CT molecular complexity index is 1140. The summed E-state index contributed by atoms with van der Waals surface area (Å²) in [5, 5.41) is 15.6. The van der Waals surface area contributed by atoms with Crippen molar-refractivity contribution < 1.29 is 19.0 Å². The van der Waals surface area contributed by atoms with Crippen LogP contribution in [0.2, 0.25) is 0 Å². The van der Waals surface area contributed by atoms with E-state index in [0.717, 1.165) is 23.6 Å². The van der Waals surface area contributed by atoms with Crippen LogP contribution in [0.25, 0.3) is 6.08 Å². The molecule has 33 heavy (non-hydrogen) atoms. The van der Waals surface area contributed by atoms with Gasteiger partial charge in [0, 0.05) is 0 Å². The molecule has 0 saturated carbocycles. The molecule has 2 heterocycles. The zero-order valence-corrected chi connectivity index (χ0v) is 19.2. The van der Waals surface area contributed by atoms with E-state index in [1.165, 1.54) is 16.8 Å². The number of para-hydroxylation sites is 1. The van der Waals surface area contributed by atoms with E-state index in [1.807, 2.05) is 30.3 Å². The Morgan fingerprint density at radius 3 is 2.64 bits per heavy atom. The number of benzene rings is 2. The predicted molar refractivity (Wildman–Crippen MR) is 130 cm³/mol. The molecule has 2 aliphatic heterocycles. The molecule has 0 fully saturated rings. The fourth-order valence-corrected chi connectivity index (χ4v) is 4.22. The number of rotatable bonds is 9. The first-order valence-corrected chi connectivity index (χ1v) is 11.4. The molecular weight excluding hydrogens is 440 g/mol. The van der Waals surface area contributed by atoms with Crippen molar-refractivity contribution in [3.05, 3.63) is 59.7 Å². The Hall–Kier alpha value is -3.59. The summed E-state index contributed by atoms with van der Waals surface area (Å²) in [6, 6.07) is 14.8. The molecule has 9 heteroatoms. The molecule has 0 aliphatic carbocycles. The molecule has 170 valence electrons. The standard InChI is InChI=1S/C24H24N4O4S/c1-3-7-21-27-28-22(25)18(23(29)26-24(28)33-21)14-16-10-11-19(20(15-16)30-2)32-13-12-31-17-8-5-4-6-9-17/h4-6,8-11,14-15,25H,3,7,12-13H2,1-2H3. The van der Waals surface area contributed by atoms with Crippen LogP contribution < -0.4 is 14.2 Å². The van der Waals surface area contributed by atoms with Gasteiger partial charge in [-0.2, -0.15) is 15.1 Å². The monoisotopic (exact) mass is 464 g/mol. The third-order valence-electron chi connectivity index (χ3n) is 4.81. The number of nitrogens with one attached hydrogen (secondary N) is 1. The minimum Gasteiger partial charge on any atom is -0.493 e. The summed E-state index contributed by atoms with van der Waals surface area (Å²) in [6.45, 7) is 2.79. The van der Waals surface area contributed by atoms with Crippen LogP contribution in [-0.2, 0) is 4.79 Å². The first-order valence-electron chi connectivity index (χ1n) is 10.6. The molecule has 4 rings (SSSR count). The minimum atomic E-state index is -0.455. The largest absolute Gasteiger partial charge is 0.493 e. The molecule has 0 bridgehead atoms. The molecule has 0 spiro atoms. The first kappa shape index (κ1) is 22.6. The van der Waals surface area contributed by atoms with Crippen molar-refractivity contribution in [3.63, 3.8) is 0 Å². The third kappa shape index (κ3) is 5.25. The van der Waals surface area contributed by atoms with Crippen LogP contribution in [0.3, 0.4) is 0 Å². The molecule has 8 nitrogen and oxygen atoms in total. The second-order valence-electron chi connectivity index (χ2n) is 7.18. The SMILES string of the molecule is CCCC1=NN2C(=N)C(=Cc3ccc(OCCOc4ccccc4)c(OC)c3)C(=O)N=C2S1. The number of hydrogen-bond donors (Lipinski definition) is 1. The molecule has 2 aromatic carbocycles. The molecule has 0 radical (unpaired) electrons. The lowest BCUT2D eigenvalue weighted by molar-refractivity contribution is -0.114. The quantitative estimate of drug-likeness (QED) is 0.431. The topological polar surface area (TPSA) is 96.6 Å². The van der Waals surface area contributed by atoms with Gasteiger partial charge in [-0.05, 0) is 60.5 Å². The molecule has 0 unspecified atom stereocenters. The highest BCUT2D eigenvalue weighted by Crippen LogP contribution is 2.32. The van der Waals surface area contributed by atoms with E-state index in [0.29, 0.717) is 35.4 Å². The summed E-state index contributed by atoms with van der Waals surface area (Å²) in [4.78, 5) is 16.7. The summed E-state index contributed by atoms with van der Waals surface area (Å²) >= 11 is 1.34. The number of aliphatic imine (C=N–C) groups is 1. The second-order valence-corrected chi connectivity index (χ2v) is 8.22. The summed E-state index contributed by atoms with van der Waals surface area (Å²) < 4.78 is 16.9. The number of fused-ring (bicyclic) bond motifs is 1. The maximum Gasteiger partial charge on any atom is 0.283 e. The molecule has 1 amide bonds. The van der Waals surface area contributed by atoms with Crippen molar-refractivity contribution in [1.82, 2.24) is 5.01 Å². The highest BCUT2D eigenvalue weighted by atomic mass is 32.2. The Balaban J connectivity index is 1.45. The number of carbonyl (C=O) groups excluding carboxylic acids is 1. The van der Waals surface area contributed by atoms with Gasteiger partial charge in [-0.15, -0.1) is 0 Å². The summed E-state index contributed by atoms with van der Waals surface area (Å²) in [7, 11) is 1.55. The fraction of sp³-hybridized carbons (Fsp3) is 0.250. The van der Waals surface area contributed by atoms with Crippen LogP contribution in [0.5, 0.6) is 17.2 Å². The number of nitrogens with zero attached hydrogens (tertiary/aromatic N) is 3. The smallest absolute Gasteiger partial charge is 0.283 e. The van der Waals surface area contributed by atoms with Gasteiger partial charge in [0.05, 0.1) is 12.7 Å². The maximum absolute atomic E-state index is 12.6. The Labute approximate surface area is 196 Å². The second kappa shape index (κ2) is 10.4. The number of ether oxygens (including phenoxy) is 3. The van der Waals surface area contributed by atoms with E-state index in [-0.39, 0.29) is 11.4 Å². The average Bonchev–Trinajstić information content (AvgIpc) is 3.23. The number of carbonyl (C=O) groups is 1. The number of methoxy groups -OCH3 is 1. The van der Waals surface area contributed by atoms with E-state index in [4.69, 9.17) is 19.6 Å². The van der Waals surface area contributed by atoms with E-state index < -0.39 is 5.91 Å². The Morgan fingerprint density at radius 1 is 1.09 bits per heavy atom. The summed E-state index contributed by atoms with van der Waals surface area (Å²) in [5.41, 5.74) is 0.865. The van der Waals surface area contributed by atoms with Crippen LogP contribution >= 0.6 is 11.8 Å². The Morgan fingerprint density at radius 2 is 1.88 bits per heavy atom. The van der Waals surface area contributed by atoms with Crippen molar-refractivity contribution >= 4 is 39.8 Å². The van der Waals surface area contributed by atoms with Gasteiger partial charge in [-0.1, -0.05) is 31.2 Å². The molecule has 0 saturated heterocycles. The number of thioether (sulfide) groups is 1. The lowest BCUT2D eigenvalue weighted by Crippen LogP contribution is -2.35. The number of amides is 1. The molecular formula is C24H24N4O4S. The summed E-state index contributed by atoms with van der Waals surface area (Å²) in [5.74, 6) is 1.42. The van der Waals surface area contributed by atoms with Gasteiger partial charge in [-0.3, -0.25) is 10.2 Å². The lowest BCUT2D eigenvalue weighted by atomic mass is 10.1. The predicted octanol–water partition coefficient (Wildman–Crippen LogP) is 4.57. The highest BCUT2D eigenvalue weighted by molar-refractivity contribution is 8.26. The Kier molecular flexibility index (Phi) is 7.09. The third-order valence-corrected chi connectivity index (χ3v) is 5.78.